The minimum absolute atomic E-state index is 0.221. The van der Waals surface area contributed by atoms with Gasteiger partial charge in [-0.05, 0) is 75.0 Å². The van der Waals surface area contributed by atoms with Crippen molar-refractivity contribution in [2.75, 3.05) is 7.11 Å². The highest BCUT2D eigenvalue weighted by Crippen LogP contribution is 2.42. The Morgan fingerprint density at radius 1 is 1.08 bits per heavy atom. The van der Waals surface area contributed by atoms with Crippen LogP contribution in [-0.2, 0) is 13.0 Å². The van der Waals surface area contributed by atoms with E-state index in [-0.39, 0.29) is 5.56 Å². The van der Waals surface area contributed by atoms with E-state index < -0.39 is 0 Å². The molecular weight excluding hydrogens is 654 g/mol. The highest BCUT2D eigenvalue weighted by atomic mass is 79.9. The van der Waals surface area contributed by atoms with Gasteiger partial charge in [0.15, 0.2) is 11.5 Å². The molecule has 0 saturated carbocycles. The number of fused-ring (bicyclic) bond motifs is 1. The fraction of sp³-hybridized carbons (Fsp3) is 0.222. The largest absolute Gasteiger partial charge is 0.493 e. The molecule has 0 bridgehead atoms. The summed E-state index contributed by atoms with van der Waals surface area (Å²) in [5.41, 5.74) is 3.37. The number of hydrogen-bond acceptors (Lipinski definition) is 5. The van der Waals surface area contributed by atoms with Crippen LogP contribution in [0.15, 0.2) is 71.8 Å². The Morgan fingerprint density at radius 3 is 2.61 bits per heavy atom. The minimum Gasteiger partial charge on any atom is -0.493 e. The Morgan fingerprint density at radius 2 is 1.89 bits per heavy atom. The molecular formula is C27H24Br3N3O3. The highest BCUT2D eigenvalue weighted by molar-refractivity contribution is 9.13. The Balaban J connectivity index is 1.72. The summed E-state index contributed by atoms with van der Waals surface area (Å²) in [4.78, 5) is 18.0. The van der Waals surface area contributed by atoms with Crippen molar-refractivity contribution in [3.8, 4) is 11.5 Å². The fourth-order valence-electron chi connectivity index (χ4n) is 3.76. The van der Waals surface area contributed by atoms with Crippen LogP contribution >= 0.6 is 47.8 Å². The van der Waals surface area contributed by atoms with Crippen LogP contribution in [0.3, 0.4) is 0 Å². The lowest BCUT2D eigenvalue weighted by Gasteiger charge is -2.16. The van der Waals surface area contributed by atoms with Crippen LogP contribution in [0.4, 0.5) is 0 Å². The second kappa shape index (κ2) is 11.7. The molecule has 0 aliphatic carbocycles. The van der Waals surface area contributed by atoms with E-state index in [9.17, 15) is 4.79 Å². The van der Waals surface area contributed by atoms with Gasteiger partial charge in [-0.1, -0.05) is 52.7 Å². The third-order valence-electron chi connectivity index (χ3n) is 5.50. The second-order valence-electron chi connectivity index (χ2n) is 8.20. The minimum atomic E-state index is -0.221. The lowest BCUT2D eigenvalue weighted by molar-refractivity contribution is 0.282. The van der Waals surface area contributed by atoms with Gasteiger partial charge in [0.05, 0.1) is 28.7 Å². The number of aromatic nitrogens is 2. The number of rotatable bonds is 8. The normalized spacial score (nSPS) is 11.4. The van der Waals surface area contributed by atoms with E-state index in [4.69, 9.17) is 9.47 Å². The molecule has 3 aromatic carbocycles. The molecule has 186 valence electrons. The summed E-state index contributed by atoms with van der Waals surface area (Å²) in [6, 6.07) is 15.5. The third-order valence-corrected chi connectivity index (χ3v) is 8.14. The molecule has 1 aromatic heterocycles. The van der Waals surface area contributed by atoms with E-state index in [1.54, 1.807) is 19.4 Å². The van der Waals surface area contributed by atoms with E-state index in [1.807, 2.05) is 50.2 Å². The molecule has 6 nitrogen and oxygen atoms in total. The molecule has 0 amide bonds. The monoisotopic (exact) mass is 675 g/mol. The number of hydrogen-bond donors (Lipinski definition) is 0. The van der Waals surface area contributed by atoms with Crippen molar-refractivity contribution in [1.82, 2.24) is 9.66 Å². The molecule has 9 heteroatoms. The third kappa shape index (κ3) is 5.74. The number of halogens is 3. The molecule has 0 radical (unpaired) electrons. The maximum absolute atomic E-state index is 13.3. The van der Waals surface area contributed by atoms with E-state index in [1.165, 1.54) is 10.2 Å². The van der Waals surface area contributed by atoms with Gasteiger partial charge in [-0.25, -0.2) is 4.98 Å². The predicted octanol–water partition coefficient (Wildman–Crippen LogP) is 7.41. The second-order valence-corrected chi connectivity index (χ2v) is 10.7. The van der Waals surface area contributed by atoms with Crippen molar-refractivity contribution in [2.24, 2.45) is 5.10 Å². The lowest BCUT2D eigenvalue weighted by atomic mass is 10.1. The lowest BCUT2D eigenvalue weighted by Crippen LogP contribution is -2.22. The van der Waals surface area contributed by atoms with Crippen LogP contribution in [0.25, 0.3) is 10.9 Å². The van der Waals surface area contributed by atoms with Crippen molar-refractivity contribution in [3.63, 3.8) is 0 Å². The summed E-state index contributed by atoms with van der Waals surface area (Å²) in [6.07, 6.45) is 3.08. The summed E-state index contributed by atoms with van der Waals surface area (Å²) >= 11 is 10.7. The molecule has 0 atom stereocenters. The van der Waals surface area contributed by atoms with Crippen LogP contribution in [0.5, 0.6) is 11.5 Å². The zero-order valence-electron chi connectivity index (χ0n) is 20.0. The van der Waals surface area contributed by atoms with Gasteiger partial charge in [0, 0.05) is 20.9 Å². The summed E-state index contributed by atoms with van der Waals surface area (Å²) in [5, 5.41) is 5.04. The first-order valence-electron chi connectivity index (χ1n) is 11.3. The van der Waals surface area contributed by atoms with Gasteiger partial charge in [0.25, 0.3) is 5.56 Å². The van der Waals surface area contributed by atoms with E-state index >= 15 is 0 Å². The molecule has 0 aliphatic heterocycles. The Hall–Kier alpha value is -2.49. The van der Waals surface area contributed by atoms with E-state index in [2.05, 4.69) is 63.9 Å². The topological polar surface area (TPSA) is 65.7 Å². The van der Waals surface area contributed by atoms with Crippen LogP contribution in [0.2, 0.25) is 0 Å². The average Bonchev–Trinajstić information content (AvgIpc) is 2.86. The zero-order valence-corrected chi connectivity index (χ0v) is 24.8. The standard InChI is InChI=1S/C27H24Br3N3O3/c1-4-6-23-32-21-10-9-19(28)13-20(21)27(34)33(23)31-14-18-12-22(35-3)26(25(30)24(18)29)36-15-17-8-5-7-16(2)11-17/h5,7-14H,4,6,15H2,1-3H3. The van der Waals surface area contributed by atoms with Crippen LogP contribution in [0, 0.1) is 6.92 Å². The van der Waals surface area contributed by atoms with Gasteiger partial charge in [0.2, 0.25) is 0 Å². The van der Waals surface area contributed by atoms with Gasteiger partial charge in [-0.2, -0.15) is 9.78 Å². The van der Waals surface area contributed by atoms with Gasteiger partial charge in [-0.15, -0.1) is 0 Å². The van der Waals surface area contributed by atoms with Crippen molar-refractivity contribution >= 4 is 64.9 Å². The molecule has 36 heavy (non-hydrogen) atoms. The van der Waals surface area contributed by atoms with Crippen molar-refractivity contribution in [2.45, 2.75) is 33.3 Å². The average molecular weight is 678 g/mol. The number of benzene rings is 3. The van der Waals surface area contributed by atoms with Crippen molar-refractivity contribution < 1.29 is 9.47 Å². The maximum atomic E-state index is 13.3. The quantitative estimate of drug-likeness (QED) is 0.182. The number of methoxy groups -OCH3 is 1. The molecule has 1 heterocycles. The molecule has 4 aromatic rings. The first-order valence-corrected chi connectivity index (χ1v) is 13.7. The maximum Gasteiger partial charge on any atom is 0.282 e. The SMILES string of the molecule is CCCc1nc2ccc(Br)cc2c(=O)n1N=Cc1cc(OC)c(OCc2cccc(C)c2)c(Br)c1Br. The highest BCUT2D eigenvalue weighted by Gasteiger charge is 2.17. The van der Waals surface area contributed by atoms with Gasteiger partial charge in [0.1, 0.15) is 12.4 Å². The van der Waals surface area contributed by atoms with Crippen LogP contribution < -0.4 is 15.0 Å². The smallest absolute Gasteiger partial charge is 0.282 e. The number of aryl methyl sites for hydroxylation is 2. The Labute approximate surface area is 234 Å². The fourth-order valence-corrected chi connectivity index (χ4v) is 5.06. The molecule has 0 unspecified atom stereocenters. The summed E-state index contributed by atoms with van der Waals surface area (Å²) < 4.78 is 15.3. The van der Waals surface area contributed by atoms with Gasteiger partial charge in [-0.3, -0.25) is 4.79 Å². The molecule has 0 N–H and O–H groups in total. The van der Waals surface area contributed by atoms with Crippen molar-refractivity contribution in [3.05, 3.63) is 94.8 Å². The molecule has 0 spiro atoms. The first kappa shape index (κ1) is 26.6. The van der Waals surface area contributed by atoms with Gasteiger partial charge < -0.3 is 9.47 Å². The number of ether oxygens (including phenoxy) is 2. The van der Waals surface area contributed by atoms with Crippen molar-refractivity contribution in [1.29, 1.82) is 0 Å². The Kier molecular flexibility index (Phi) is 8.64. The zero-order chi connectivity index (χ0) is 25.8. The molecule has 0 saturated heterocycles. The summed E-state index contributed by atoms with van der Waals surface area (Å²) in [6.45, 7) is 4.48. The Bertz CT molecular complexity index is 1520. The predicted molar refractivity (Wildman–Crippen MR) is 155 cm³/mol. The number of nitrogens with zero attached hydrogens (tertiary/aromatic N) is 3. The van der Waals surface area contributed by atoms with Crippen LogP contribution in [-0.4, -0.2) is 23.0 Å². The molecule has 0 aliphatic rings. The first-order chi connectivity index (χ1) is 17.3. The molecule has 0 fully saturated rings. The van der Waals surface area contributed by atoms with Gasteiger partial charge >= 0.3 is 0 Å². The summed E-state index contributed by atoms with van der Waals surface area (Å²) in [7, 11) is 1.59. The molecule has 4 rings (SSSR count). The van der Waals surface area contributed by atoms with Crippen LogP contribution in [0.1, 0.15) is 35.9 Å². The van der Waals surface area contributed by atoms with E-state index in [0.29, 0.717) is 51.3 Å². The summed E-state index contributed by atoms with van der Waals surface area (Å²) in [5.74, 6) is 1.72. The van der Waals surface area contributed by atoms with E-state index in [0.717, 1.165) is 20.9 Å².